The highest BCUT2D eigenvalue weighted by Gasteiger charge is 2.12. The van der Waals surface area contributed by atoms with Crippen molar-refractivity contribution in [2.75, 3.05) is 20.8 Å². The van der Waals surface area contributed by atoms with Crippen LogP contribution < -0.4 is 18.9 Å². The Balaban J connectivity index is 1.65. The van der Waals surface area contributed by atoms with Crippen LogP contribution in [0.4, 0.5) is 0 Å². The Labute approximate surface area is 188 Å². The number of hydrogen-bond donors (Lipinski definition) is 0. The number of esters is 1. The number of carbonyl (C=O) groups is 1. The fourth-order valence-corrected chi connectivity index (χ4v) is 3.10. The average Bonchev–Trinajstić information content (AvgIpc) is 2.83. The van der Waals surface area contributed by atoms with Gasteiger partial charge in [-0.3, -0.25) is 9.78 Å². The van der Waals surface area contributed by atoms with Crippen LogP contribution in [0.15, 0.2) is 60.9 Å². The Morgan fingerprint density at radius 2 is 1.56 bits per heavy atom. The molecule has 0 aliphatic carbocycles. The summed E-state index contributed by atoms with van der Waals surface area (Å²) in [5.74, 6) is 1.89. The minimum atomic E-state index is -0.333. The van der Waals surface area contributed by atoms with Gasteiger partial charge in [-0.1, -0.05) is 24.3 Å². The van der Waals surface area contributed by atoms with Crippen molar-refractivity contribution in [3.05, 3.63) is 77.6 Å². The van der Waals surface area contributed by atoms with Crippen LogP contribution in [-0.4, -0.2) is 31.8 Å². The molecule has 0 spiro atoms. The number of pyridine rings is 1. The van der Waals surface area contributed by atoms with Crippen LogP contribution in [0.25, 0.3) is 12.2 Å². The predicted octanol–water partition coefficient (Wildman–Crippen LogP) is 5.21. The van der Waals surface area contributed by atoms with Crippen molar-refractivity contribution in [2.24, 2.45) is 0 Å². The van der Waals surface area contributed by atoms with E-state index in [1.54, 1.807) is 32.7 Å². The van der Waals surface area contributed by atoms with Crippen molar-refractivity contribution >= 4 is 18.1 Å². The number of carbonyl (C=O) groups excluding carboxylic acids is 1. The van der Waals surface area contributed by atoms with E-state index >= 15 is 0 Å². The largest absolute Gasteiger partial charge is 0.493 e. The molecule has 0 aliphatic rings. The third-order valence-corrected chi connectivity index (χ3v) is 4.73. The monoisotopic (exact) mass is 433 g/mol. The molecule has 6 heteroatoms. The zero-order valence-corrected chi connectivity index (χ0v) is 18.5. The van der Waals surface area contributed by atoms with E-state index in [0.29, 0.717) is 36.0 Å². The van der Waals surface area contributed by atoms with Gasteiger partial charge in [0.05, 0.1) is 20.8 Å². The van der Waals surface area contributed by atoms with E-state index in [4.69, 9.17) is 18.9 Å². The molecule has 3 rings (SSSR count). The number of hydrogen-bond acceptors (Lipinski definition) is 6. The summed E-state index contributed by atoms with van der Waals surface area (Å²) in [5.41, 5.74) is 2.94. The van der Waals surface area contributed by atoms with E-state index in [0.717, 1.165) is 16.7 Å². The molecule has 6 nitrogen and oxygen atoms in total. The Morgan fingerprint density at radius 3 is 2.28 bits per heavy atom. The van der Waals surface area contributed by atoms with Gasteiger partial charge in [-0.15, -0.1) is 0 Å². The molecule has 0 radical (unpaired) electrons. The molecule has 2 aromatic carbocycles. The van der Waals surface area contributed by atoms with E-state index in [9.17, 15) is 4.79 Å². The van der Waals surface area contributed by atoms with E-state index in [-0.39, 0.29) is 12.4 Å². The summed E-state index contributed by atoms with van der Waals surface area (Å²) in [6.07, 6.45) is 8.20. The van der Waals surface area contributed by atoms with Crippen molar-refractivity contribution in [1.29, 1.82) is 0 Å². The summed E-state index contributed by atoms with van der Waals surface area (Å²) in [4.78, 5) is 16.5. The fourth-order valence-electron chi connectivity index (χ4n) is 3.10. The Bertz CT molecular complexity index is 1060. The van der Waals surface area contributed by atoms with Crippen LogP contribution in [0, 0.1) is 0 Å². The van der Waals surface area contributed by atoms with Crippen molar-refractivity contribution < 1.29 is 23.7 Å². The average molecular weight is 434 g/mol. The number of aryl methyl sites for hydroxylation is 1. The molecule has 0 saturated carbocycles. The number of ether oxygens (including phenoxy) is 4. The van der Waals surface area contributed by atoms with Gasteiger partial charge in [0.25, 0.3) is 0 Å². The lowest BCUT2D eigenvalue weighted by Gasteiger charge is -2.12. The summed E-state index contributed by atoms with van der Waals surface area (Å²) in [6, 6.07) is 14.9. The van der Waals surface area contributed by atoms with Crippen LogP contribution in [0.3, 0.4) is 0 Å². The Hall–Kier alpha value is -3.80. The van der Waals surface area contributed by atoms with E-state index in [1.807, 2.05) is 61.5 Å². The number of rotatable bonds is 10. The number of methoxy groups -OCH3 is 2. The first kappa shape index (κ1) is 22.9. The molecule has 0 fully saturated rings. The molecule has 0 N–H and O–H groups in total. The maximum atomic E-state index is 12.5. The van der Waals surface area contributed by atoms with Crippen molar-refractivity contribution in [2.45, 2.75) is 19.8 Å². The van der Waals surface area contributed by atoms with Gasteiger partial charge in [-0.05, 0) is 66.4 Å². The van der Waals surface area contributed by atoms with Crippen LogP contribution in [0.1, 0.15) is 30.0 Å². The molecule has 1 aromatic heterocycles. The fraction of sp³-hybridized carbons (Fsp3) is 0.231. The number of nitrogens with zero attached hydrogens (tertiary/aromatic N) is 1. The first-order valence-electron chi connectivity index (χ1n) is 10.4. The topological polar surface area (TPSA) is 66.9 Å². The summed E-state index contributed by atoms with van der Waals surface area (Å²) in [5, 5.41) is 0. The minimum Gasteiger partial charge on any atom is -0.493 e. The summed E-state index contributed by atoms with van der Waals surface area (Å²) in [7, 11) is 3.17. The van der Waals surface area contributed by atoms with Gasteiger partial charge in [0.15, 0.2) is 23.0 Å². The standard InChI is InChI=1S/C26H27NO5/c1-4-31-25-18-20(6-5-19-13-15-27-16-14-19)8-11-23(25)32-26(28)12-9-21-7-10-22(29-2)24(17-21)30-3/h5-8,10-11,13-18H,4,9,12H2,1-3H3/b6-5+. The molecule has 3 aromatic rings. The molecule has 0 aliphatic heterocycles. The zero-order chi connectivity index (χ0) is 22.8. The lowest BCUT2D eigenvalue weighted by molar-refractivity contribution is -0.134. The smallest absolute Gasteiger partial charge is 0.311 e. The molecular weight excluding hydrogens is 406 g/mol. The van der Waals surface area contributed by atoms with Gasteiger partial charge in [0.2, 0.25) is 0 Å². The normalized spacial score (nSPS) is 10.7. The SMILES string of the molecule is CCOc1cc(/C=C/c2ccncc2)ccc1OC(=O)CCc1ccc(OC)c(OC)c1. The third kappa shape index (κ3) is 6.35. The van der Waals surface area contributed by atoms with Crippen molar-refractivity contribution in [1.82, 2.24) is 4.98 Å². The lowest BCUT2D eigenvalue weighted by atomic mass is 10.1. The van der Waals surface area contributed by atoms with Gasteiger partial charge in [0, 0.05) is 18.8 Å². The van der Waals surface area contributed by atoms with Crippen molar-refractivity contribution in [3.63, 3.8) is 0 Å². The second-order valence-electron chi connectivity index (χ2n) is 6.92. The molecule has 32 heavy (non-hydrogen) atoms. The highest BCUT2D eigenvalue weighted by Crippen LogP contribution is 2.30. The molecule has 0 unspecified atom stereocenters. The lowest BCUT2D eigenvalue weighted by Crippen LogP contribution is -2.10. The summed E-state index contributed by atoms with van der Waals surface area (Å²) >= 11 is 0. The summed E-state index contributed by atoms with van der Waals surface area (Å²) in [6.45, 7) is 2.36. The molecule has 0 atom stereocenters. The van der Waals surface area contributed by atoms with Gasteiger partial charge in [0.1, 0.15) is 0 Å². The van der Waals surface area contributed by atoms with Gasteiger partial charge >= 0.3 is 5.97 Å². The molecule has 0 amide bonds. The maximum absolute atomic E-state index is 12.5. The minimum absolute atomic E-state index is 0.227. The van der Waals surface area contributed by atoms with Crippen LogP contribution in [-0.2, 0) is 11.2 Å². The maximum Gasteiger partial charge on any atom is 0.311 e. The van der Waals surface area contributed by atoms with E-state index in [2.05, 4.69) is 4.98 Å². The molecule has 1 heterocycles. The first-order chi connectivity index (χ1) is 15.6. The molecule has 166 valence electrons. The number of aromatic nitrogens is 1. The van der Waals surface area contributed by atoms with Gasteiger partial charge in [-0.25, -0.2) is 0 Å². The van der Waals surface area contributed by atoms with Crippen molar-refractivity contribution in [3.8, 4) is 23.0 Å². The Kier molecular flexibility index (Phi) is 8.26. The van der Waals surface area contributed by atoms with Crippen LogP contribution in [0.5, 0.6) is 23.0 Å². The van der Waals surface area contributed by atoms with E-state index < -0.39 is 0 Å². The highest BCUT2D eigenvalue weighted by atomic mass is 16.6. The predicted molar refractivity (Wildman–Crippen MR) is 124 cm³/mol. The van der Waals surface area contributed by atoms with Crippen LogP contribution >= 0.6 is 0 Å². The van der Waals surface area contributed by atoms with Crippen LogP contribution in [0.2, 0.25) is 0 Å². The Morgan fingerprint density at radius 1 is 0.844 bits per heavy atom. The van der Waals surface area contributed by atoms with E-state index in [1.165, 1.54) is 0 Å². The summed E-state index contributed by atoms with van der Waals surface area (Å²) < 4.78 is 21.8. The third-order valence-electron chi connectivity index (χ3n) is 4.73. The molecule has 0 bridgehead atoms. The van der Waals surface area contributed by atoms with Gasteiger partial charge < -0.3 is 18.9 Å². The highest BCUT2D eigenvalue weighted by molar-refractivity contribution is 5.75. The molecular formula is C26H27NO5. The second kappa shape index (κ2) is 11.6. The number of benzene rings is 2. The molecule has 0 saturated heterocycles. The van der Waals surface area contributed by atoms with Gasteiger partial charge in [-0.2, -0.15) is 0 Å². The first-order valence-corrected chi connectivity index (χ1v) is 10.4. The zero-order valence-electron chi connectivity index (χ0n) is 18.5. The quantitative estimate of drug-likeness (QED) is 0.323. The second-order valence-corrected chi connectivity index (χ2v) is 6.92.